The van der Waals surface area contributed by atoms with E-state index in [9.17, 15) is 0 Å². The van der Waals surface area contributed by atoms with E-state index in [1.54, 1.807) is 0 Å². The Labute approximate surface area is 92.6 Å². The fourth-order valence-electron chi connectivity index (χ4n) is 1.33. The highest BCUT2D eigenvalue weighted by atomic mass is 16.5. The van der Waals surface area contributed by atoms with E-state index in [0.29, 0.717) is 5.92 Å². The summed E-state index contributed by atoms with van der Waals surface area (Å²) < 4.78 is 5.80. The Morgan fingerprint density at radius 1 is 1.33 bits per heavy atom. The number of hydrogen-bond donors (Lipinski definition) is 1. The minimum absolute atomic E-state index is 0.618. The molecule has 1 aromatic rings. The Morgan fingerprint density at radius 2 is 2.07 bits per heavy atom. The van der Waals surface area contributed by atoms with Crippen LogP contribution in [-0.4, -0.2) is 13.7 Å². The normalized spacial score (nSPS) is 12.5. The highest BCUT2D eigenvalue weighted by molar-refractivity contribution is 5.33. The first kappa shape index (κ1) is 12.1. The second-order valence-corrected chi connectivity index (χ2v) is 3.96. The van der Waals surface area contributed by atoms with E-state index < -0.39 is 0 Å². The summed E-state index contributed by atoms with van der Waals surface area (Å²) >= 11 is 0. The summed E-state index contributed by atoms with van der Waals surface area (Å²) in [5.41, 5.74) is 1.23. The SMILES string of the molecule is CCC(C)COc1ccccc1CNC. The third-order valence-electron chi connectivity index (χ3n) is 2.56. The molecule has 0 spiro atoms. The van der Waals surface area contributed by atoms with Crippen molar-refractivity contribution in [2.75, 3.05) is 13.7 Å². The average Bonchev–Trinajstić information content (AvgIpc) is 2.28. The number of nitrogens with one attached hydrogen (secondary N) is 1. The van der Waals surface area contributed by atoms with E-state index >= 15 is 0 Å². The minimum Gasteiger partial charge on any atom is -0.493 e. The molecule has 0 heterocycles. The van der Waals surface area contributed by atoms with Crippen molar-refractivity contribution < 1.29 is 4.74 Å². The highest BCUT2D eigenvalue weighted by Gasteiger charge is 2.04. The van der Waals surface area contributed by atoms with Gasteiger partial charge in [0, 0.05) is 12.1 Å². The highest BCUT2D eigenvalue weighted by Crippen LogP contribution is 2.18. The first-order chi connectivity index (χ1) is 7.27. The maximum Gasteiger partial charge on any atom is 0.123 e. The van der Waals surface area contributed by atoms with Crippen molar-refractivity contribution in [3.05, 3.63) is 29.8 Å². The van der Waals surface area contributed by atoms with Crippen LogP contribution in [0.25, 0.3) is 0 Å². The Kier molecular flexibility index (Phi) is 5.19. The van der Waals surface area contributed by atoms with Gasteiger partial charge in [-0.1, -0.05) is 38.5 Å². The number of ether oxygens (including phenoxy) is 1. The quantitative estimate of drug-likeness (QED) is 0.774. The molecule has 1 unspecified atom stereocenters. The molecule has 2 nitrogen and oxygen atoms in total. The second kappa shape index (κ2) is 6.46. The topological polar surface area (TPSA) is 21.3 Å². The molecule has 0 aliphatic heterocycles. The van der Waals surface area contributed by atoms with Crippen LogP contribution in [0.4, 0.5) is 0 Å². The fourth-order valence-corrected chi connectivity index (χ4v) is 1.33. The lowest BCUT2D eigenvalue weighted by atomic mass is 10.1. The minimum atomic E-state index is 0.618. The van der Waals surface area contributed by atoms with Crippen LogP contribution in [0, 0.1) is 5.92 Å². The zero-order chi connectivity index (χ0) is 11.1. The summed E-state index contributed by atoms with van der Waals surface area (Å²) in [5.74, 6) is 1.62. The molecule has 0 aliphatic rings. The van der Waals surface area contributed by atoms with E-state index in [1.807, 2.05) is 25.2 Å². The molecule has 2 heteroatoms. The van der Waals surface area contributed by atoms with Crippen molar-refractivity contribution in [1.29, 1.82) is 0 Å². The van der Waals surface area contributed by atoms with E-state index in [4.69, 9.17) is 4.74 Å². The van der Waals surface area contributed by atoms with Gasteiger partial charge in [0.05, 0.1) is 6.61 Å². The van der Waals surface area contributed by atoms with Crippen molar-refractivity contribution in [1.82, 2.24) is 5.32 Å². The number of rotatable bonds is 6. The number of benzene rings is 1. The van der Waals surface area contributed by atoms with Crippen LogP contribution >= 0.6 is 0 Å². The van der Waals surface area contributed by atoms with Gasteiger partial charge in [0.25, 0.3) is 0 Å². The second-order valence-electron chi connectivity index (χ2n) is 3.96. The predicted octanol–water partition coefficient (Wildman–Crippen LogP) is 2.83. The average molecular weight is 207 g/mol. The third kappa shape index (κ3) is 3.92. The molecule has 1 aromatic carbocycles. The molecular formula is C13H21NO. The Morgan fingerprint density at radius 3 is 2.73 bits per heavy atom. The fraction of sp³-hybridized carbons (Fsp3) is 0.538. The molecule has 0 bridgehead atoms. The molecule has 0 radical (unpaired) electrons. The molecule has 0 saturated heterocycles. The largest absolute Gasteiger partial charge is 0.493 e. The maximum atomic E-state index is 5.80. The van der Waals surface area contributed by atoms with Crippen LogP contribution in [0.15, 0.2) is 24.3 Å². The molecule has 0 amide bonds. The van der Waals surface area contributed by atoms with Crippen LogP contribution in [0.3, 0.4) is 0 Å². The summed E-state index contributed by atoms with van der Waals surface area (Å²) in [4.78, 5) is 0. The van der Waals surface area contributed by atoms with Gasteiger partial charge in [0.2, 0.25) is 0 Å². The van der Waals surface area contributed by atoms with Crippen molar-refractivity contribution in [3.8, 4) is 5.75 Å². The van der Waals surface area contributed by atoms with Gasteiger partial charge in [0.1, 0.15) is 5.75 Å². The van der Waals surface area contributed by atoms with E-state index in [0.717, 1.165) is 25.3 Å². The van der Waals surface area contributed by atoms with Crippen molar-refractivity contribution >= 4 is 0 Å². The monoisotopic (exact) mass is 207 g/mol. The lowest BCUT2D eigenvalue weighted by molar-refractivity contribution is 0.254. The van der Waals surface area contributed by atoms with Gasteiger partial charge >= 0.3 is 0 Å². The smallest absolute Gasteiger partial charge is 0.123 e. The van der Waals surface area contributed by atoms with Gasteiger partial charge in [-0.15, -0.1) is 0 Å². The van der Waals surface area contributed by atoms with E-state index in [1.165, 1.54) is 5.56 Å². The number of para-hydroxylation sites is 1. The van der Waals surface area contributed by atoms with Gasteiger partial charge in [-0.3, -0.25) is 0 Å². The standard InChI is InChI=1S/C13H21NO/c1-4-11(2)10-15-13-8-6-5-7-12(13)9-14-3/h5-8,11,14H,4,9-10H2,1-3H3. The van der Waals surface area contributed by atoms with Gasteiger partial charge in [-0.25, -0.2) is 0 Å². The molecular weight excluding hydrogens is 186 g/mol. The van der Waals surface area contributed by atoms with Gasteiger partial charge in [-0.05, 0) is 19.0 Å². The molecule has 0 aromatic heterocycles. The molecule has 0 aliphatic carbocycles. The van der Waals surface area contributed by atoms with E-state index in [2.05, 4.69) is 25.2 Å². The number of hydrogen-bond acceptors (Lipinski definition) is 2. The molecule has 1 N–H and O–H groups in total. The van der Waals surface area contributed by atoms with Crippen LogP contribution in [0.5, 0.6) is 5.75 Å². The zero-order valence-electron chi connectivity index (χ0n) is 9.92. The van der Waals surface area contributed by atoms with Crippen LogP contribution in [0.1, 0.15) is 25.8 Å². The Hall–Kier alpha value is -1.02. The van der Waals surface area contributed by atoms with Crippen LogP contribution in [0.2, 0.25) is 0 Å². The maximum absolute atomic E-state index is 5.80. The van der Waals surface area contributed by atoms with Crippen LogP contribution in [-0.2, 0) is 6.54 Å². The first-order valence-electron chi connectivity index (χ1n) is 5.63. The van der Waals surface area contributed by atoms with Crippen LogP contribution < -0.4 is 10.1 Å². The summed E-state index contributed by atoms with van der Waals surface area (Å²) in [6, 6.07) is 8.20. The van der Waals surface area contributed by atoms with E-state index in [-0.39, 0.29) is 0 Å². The Balaban J connectivity index is 2.58. The van der Waals surface area contributed by atoms with Crippen molar-refractivity contribution in [3.63, 3.8) is 0 Å². The Bertz CT molecular complexity index is 286. The third-order valence-corrected chi connectivity index (χ3v) is 2.56. The summed E-state index contributed by atoms with van der Waals surface area (Å²) in [6.07, 6.45) is 1.16. The molecule has 15 heavy (non-hydrogen) atoms. The summed E-state index contributed by atoms with van der Waals surface area (Å²) in [6.45, 7) is 6.06. The zero-order valence-corrected chi connectivity index (χ0v) is 9.92. The molecule has 0 fully saturated rings. The lowest BCUT2D eigenvalue weighted by Gasteiger charge is -2.14. The summed E-state index contributed by atoms with van der Waals surface area (Å²) in [7, 11) is 1.95. The van der Waals surface area contributed by atoms with Gasteiger partial charge in [-0.2, -0.15) is 0 Å². The lowest BCUT2D eigenvalue weighted by Crippen LogP contribution is -2.11. The predicted molar refractivity (Wildman–Crippen MR) is 64.2 cm³/mol. The summed E-state index contributed by atoms with van der Waals surface area (Å²) in [5, 5.41) is 3.15. The van der Waals surface area contributed by atoms with Crippen molar-refractivity contribution in [2.45, 2.75) is 26.8 Å². The van der Waals surface area contributed by atoms with Gasteiger partial charge in [0.15, 0.2) is 0 Å². The van der Waals surface area contributed by atoms with Gasteiger partial charge < -0.3 is 10.1 Å². The first-order valence-corrected chi connectivity index (χ1v) is 5.63. The molecule has 1 rings (SSSR count). The molecule has 84 valence electrons. The molecule has 0 saturated carbocycles. The molecule has 1 atom stereocenters. The van der Waals surface area contributed by atoms with Crippen molar-refractivity contribution in [2.24, 2.45) is 5.92 Å².